The first-order chi connectivity index (χ1) is 24.9. The Kier molecular flexibility index (Phi) is 12.4. The van der Waals surface area contributed by atoms with Gasteiger partial charge in [-0.15, -0.1) is 0 Å². The average molecular weight is 685 g/mol. The highest BCUT2D eigenvalue weighted by Crippen LogP contribution is 2.39. The first kappa shape index (κ1) is 35.7. The summed E-state index contributed by atoms with van der Waals surface area (Å²) in [5, 5.41) is 21.3. The Morgan fingerprint density at radius 3 is 1.92 bits per heavy atom. The van der Waals surface area contributed by atoms with Crippen LogP contribution in [0.3, 0.4) is 0 Å². The van der Waals surface area contributed by atoms with Crippen molar-refractivity contribution < 1.29 is 29.3 Å². The molecule has 3 N–H and O–H groups in total. The van der Waals surface area contributed by atoms with Crippen LogP contribution in [0.5, 0.6) is 0 Å². The van der Waals surface area contributed by atoms with E-state index < -0.39 is 12.3 Å². The zero-order valence-electron chi connectivity index (χ0n) is 28.6. The second kappa shape index (κ2) is 17.7. The number of carbonyl (C=O) groups excluding carboxylic acids is 1. The molecule has 1 amide bonds. The van der Waals surface area contributed by atoms with Gasteiger partial charge < -0.3 is 25.0 Å². The third kappa shape index (κ3) is 10.4. The van der Waals surface area contributed by atoms with Crippen LogP contribution >= 0.6 is 0 Å². The van der Waals surface area contributed by atoms with E-state index in [2.05, 4.69) is 70.9 Å². The lowest BCUT2D eigenvalue weighted by Gasteiger charge is -2.38. The van der Waals surface area contributed by atoms with E-state index in [1.165, 1.54) is 11.1 Å². The molecule has 5 aromatic rings. The predicted molar refractivity (Wildman–Crippen MR) is 196 cm³/mol. The number of rotatable bonds is 15. The number of aliphatic hydroxyl groups is 1. The van der Waals surface area contributed by atoms with Gasteiger partial charge in [0.1, 0.15) is 0 Å². The van der Waals surface area contributed by atoms with Gasteiger partial charge in [0.05, 0.1) is 25.2 Å². The highest BCUT2D eigenvalue weighted by atomic mass is 16.7. The maximum absolute atomic E-state index is 12.0. The molecule has 1 saturated heterocycles. The lowest BCUT2D eigenvalue weighted by Crippen LogP contribution is -2.39. The molecule has 1 aliphatic rings. The first-order valence-electron chi connectivity index (χ1n) is 17.4. The number of aliphatic hydroxyl groups excluding tert-OH is 1. The van der Waals surface area contributed by atoms with Gasteiger partial charge in [-0.1, -0.05) is 127 Å². The van der Waals surface area contributed by atoms with Crippen molar-refractivity contribution in [2.75, 3.05) is 6.54 Å². The van der Waals surface area contributed by atoms with Crippen molar-refractivity contribution in [3.8, 4) is 11.1 Å². The molecule has 8 heteroatoms. The Balaban J connectivity index is 1.20. The minimum absolute atomic E-state index is 0.00914. The SMILES string of the molecule is O=C(O)CCC(=O)NCc1cccc(-c2ccc(C3OC(CN(Cc4ccccc4)Cc4ccccc4)CC(c4ccc(CO)cc4)O3)cc2)c1. The van der Waals surface area contributed by atoms with Crippen LogP contribution < -0.4 is 5.32 Å². The van der Waals surface area contributed by atoms with Crippen molar-refractivity contribution in [3.63, 3.8) is 0 Å². The van der Waals surface area contributed by atoms with Crippen molar-refractivity contribution in [1.82, 2.24) is 10.2 Å². The summed E-state index contributed by atoms with van der Waals surface area (Å²) < 4.78 is 13.4. The summed E-state index contributed by atoms with van der Waals surface area (Å²) in [7, 11) is 0. The van der Waals surface area contributed by atoms with E-state index in [0.717, 1.165) is 46.5 Å². The fourth-order valence-electron chi connectivity index (χ4n) is 6.39. The normalized spacial score (nSPS) is 17.3. The number of amides is 1. The average Bonchev–Trinajstić information content (AvgIpc) is 3.17. The number of carbonyl (C=O) groups is 2. The number of aliphatic carboxylic acids is 1. The number of nitrogens with one attached hydrogen (secondary N) is 1. The zero-order valence-corrected chi connectivity index (χ0v) is 28.6. The van der Waals surface area contributed by atoms with Gasteiger partial charge in [-0.3, -0.25) is 14.5 Å². The van der Waals surface area contributed by atoms with Gasteiger partial charge >= 0.3 is 5.97 Å². The van der Waals surface area contributed by atoms with Gasteiger partial charge in [-0.25, -0.2) is 0 Å². The topological polar surface area (TPSA) is 108 Å². The molecule has 0 aromatic heterocycles. The summed E-state index contributed by atoms with van der Waals surface area (Å²) in [6.45, 7) is 2.60. The molecule has 3 unspecified atom stereocenters. The number of hydrogen-bond acceptors (Lipinski definition) is 6. The number of hydrogen-bond donors (Lipinski definition) is 3. The van der Waals surface area contributed by atoms with Crippen LogP contribution in [-0.4, -0.2) is 39.6 Å². The fourth-order valence-corrected chi connectivity index (χ4v) is 6.39. The van der Waals surface area contributed by atoms with Crippen molar-refractivity contribution in [3.05, 3.63) is 167 Å². The Morgan fingerprint density at radius 1 is 0.667 bits per heavy atom. The van der Waals surface area contributed by atoms with Gasteiger partial charge in [0, 0.05) is 44.6 Å². The number of carboxylic acids is 1. The summed E-state index contributed by atoms with van der Waals surface area (Å²) in [4.78, 5) is 25.3. The molecule has 0 spiro atoms. The van der Waals surface area contributed by atoms with Gasteiger partial charge in [-0.05, 0) is 45.0 Å². The number of carboxylic acid groups (broad SMARTS) is 1. The van der Waals surface area contributed by atoms with E-state index in [-0.39, 0.29) is 37.6 Å². The fraction of sp³-hybridized carbons (Fsp3) is 0.256. The Hall–Kier alpha value is -5.12. The lowest BCUT2D eigenvalue weighted by atomic mass is 9.98. The Bertz CT molecular complexity index is 1810. The van der Waals surface area contributed by atoms with E-state index in [0.29, 0.717) is 19.5 Å². The predicted octanol–water partition coefficient (Wildman–Crippen LogP) is 7.57. The highest BCUT2D eigenvalue weighted by molar-refractivity contribution is 5.80. The standard InChI is InChI=1S/C43H44N2O6/c46-30-33-14-16-36(17-15-33)40-25-39(29-45(27-31-8-3-1-4-9-31)28-32-10-5-2-6-11-32)50-43(51-40)37-20-18-35(19-21-37)38-13-7-12-34(24-38)26-44-41(47)22-23-42(48)49/h1-21,24,39-40,43,46H,22-23,25-30H2,(H,44,47)(H,48,49). The van der Waals surface area contributed by atoms with E-state index in [4.69, 9.17) is 14.6 Å². The Morgan fingerprint density at radius 2 is 1.29 bits per heavy atom. The largest absolute Gasteiger partial charge is 0.481 e. The summed E-state index contributed by atoms with van der Waals surface area (Å²) in [6.07, 6.45) is -0.436. The maximum atomic E-state index is 12.0. The van der Waals surface area contributed by atoms with Crippen LogP contribution in [0.15, 0.2) is 133 Å². The number of ether oxygens (including phenoxy) is 2. The Labute approximate surface area is 299 Å². The second-order valence-electron chi connectivity index (χ2n) is 13.0. The molecular formula is C43H44N2O6. The molecule has 0 bridgehead atoms. The molecule has 1 fully saturated rings. The van der Waals surface area contributed by atoms with Crippen molar-refractivity contribution in [2.24, 2.45) is 0 Å². The molecule has 8 nitrogen and oxygen atoms in total. The van der Waals surface area contributed by atoms with E-state index >= 15 is 0 Å². The van der Waals surface area contributed by atoms with E-state index in [9.17, 15) is 14.7 Å². The van der Waals surface area contributed by atoms with Gasteiger partial charge in [0.2, 0.25) is 5.91 Å². The van der Waals surface area contributed by atoms with Crippen molar-refractivity contribution >= 4 is 11.9 Å². The summed E-state index contributed by atoms with van der Waals surface area (Å²) in [6, 6.07) is 45.1. The minimum Gasteiger partial charge on any atom is -0.481 e. The van der Waals surface area contributed by atoms with Gasteiger partial charge in [0.15, 0.2) is 6.29 Å². The second-order valence-corrected chi connectivity index (χ2v) is 13.0. The van der Waals surface area contributed by atoms with Crippen LogP contribution in [0.4, 0.5) is 0 Å². The quantitative estimate of drug-likeness (QED) is 0.104. The molecule has 1 heterocycles. The maximum Gasteiger partial charge on any atom is 0.303 e. The molecular weight excluding hydrogens is 640 g/mol. The smallest absolute Gasteiger partial charge is 0.303 e. The highest BCUT2D eigenvalue weighted by Gasteiger charge is 2.33. The lowest BCUT2D eigenvalue weighted by molar-refractivity contribution is -0.253. The third-order valence-electron chi connectivity index (χ3n) is 9.07. The van der Waals surface area contributed by atoms with E-state index in [1.807, 2.05) is 72.8 Å². The monoisotopic (exact) mass is 684 g/mol. The third-order valence-corrected chi connectivity index (χ3v) is 9.07. The van der Waals surface area contributed by atoms with Crippen LogP contribution in [0.2, 0.25) is 0 Å². The van der Waals surface area contributed by atoms with E-state index in [1.54, 1.807) is 0 Å². The first-order valence-corrected chi connectivity index (χ1v) is 17.4. The van der Waals surface area contributed by atoms with Gasteiger partial charge in [-0.2, -0.15) is 0 Å². The summed E-state index contributed by atoms with van der Waals surface area (Å²) in [5.74, 6) is -1.28. The number of nitrogens with zero attached hydrogens (tertiary/aromatic N) is 1. The molecule has 262 valence electrons. The molecule has 51 heavy (non-hydrogen) atoms. The molecule has 6 rings (SSSR count). The molecule has 0 aliphatic carbocycles. The summed E-state index contributed by atoms with van der Waals surface area (Å²) in [5.41, 5.74) is 8.25. The van der Waals surface area contributed by atoms with Crippen LogP contribution in [-0.2, 0) is 45.3 Å². The van der Waals surface area contributed by atoms with Crippen LogP contribution in [0, 0.1) is 0 Å². The molecule has 3 atom stereocenters. The molecule has 1 aliphatic heterocycles. The molecule has 0 saturated carbocycles. The minimum atomic E-state index is -0.990. The van der Waals surface area contributed by atoms with Gasteiger partial charge in [0.25, 0.3) is 0 Å². The van der Waals surface area contributed by atoms with Crippen LogP contribution in [0.25, 0.3) is 11.1 Å². The molecule has 0 radical (unpaired) electrons. The molecule has 5 aromatic carbocycles. The zero-order chi connectivity index (χ0) is 35.4. The number of benzene rings is 5. The van der Waals surface area contributed by atoms with Crippen LogP contribution in [0.1, 0.15) is 65.0 Å². The van der Waals surface area contributed by atoms with Crippen molar-refractivity contribution in [1.29, 1.82) is 0 Å². The summed E-state index contributed by atoms with van der Waals surface area (Å²) >= 11 is 0. The van der Waals surface area contributed by atoms with Crippen molar-refractivity contribution in [2.45, 2.75) is 64.0 Å².